The van der Waals surface area contributed by atoms with Crippen molar-refractivity contribution >= 4 is 34.9 Å². The van der Waals surface area contributed by atoms with Crippen molar-refractivity contribution in [2.75, 3.05) is 0 Å². The third-order valence-electron chi connectivity index (χ3n) is 3.95. The first kappa shape index (κ1) is 13.5. The molecule has 0 N–H and O–H groups in total. The summed E-state index contributed by atoms with van der Waals surface area (Å²) >= 11 is 0. The molecule has 3 aromatic rings. The Morgan fingerprint density at radius 3 is 2.22 bits per heavy atom. The normalized spacial score (nSPS) is 13.6. The molecule has 0 fully saturated rings. The molecule has 0 aromatic heterocycles. The zero-order valence-electron chi connectivity index (χ0n) is 12.2. The molecule has 0 unspecified atom stereocenters. The van der Waals surface area contributed by atoms with Crippen LogP contribution in [0.5, 0.6) is 0 Å². The van der Waals surface area contributed by atoms with Crippen molar-refractivity contribution in [2.24, 2.45) is 0 Å². The van der Waals surface area contributed by atoms with Crippen LogP contribution in [0.1, 0.15) is 31.8 Å². The van der Waals surface area contributed by atoms with E-state index in [4.69, 9.17) is 4.74 Å². The van der Waals surface area contributed by atoms with Crippen molar-refractivity contribution in [3.8, 4) is 0 Å². The molecular formula is C20H12O3. The molecule has 23 heavy (non-hydrogen) atoms. The average molecular weight is 300 g/mol. The molecule has 3 heteroatoms. The molecule has 0 saturated carbocycles. The molecule has 0 amide bonds. The number of esters is 2. The number of hydrogen-bond acceptors (Lipinski definition) is 3. The van der Waals surface area contributed by atoms with Crippen LogP contribution in [0, 0.1) is 0 Å². The molecule has 4 rings (SSSR count). The van der Waals surface area contributed by atoms with Crippen LogP contribution < -0.4 is 0 Å². The van der Waals surface area contributed by atoms with E-state index in [1.807, 2.05) is 54.6 Å². The Morgan fingerprint density at radius 1 is 0.696 bits per heavy atom. The Kier molecular flexibility index (Phi) is 3.05. The average Bonchev–Trinajstić information content (AvgIpc) is 2.59. The van der Waals surface area contributed by atoms with Gasteiger partial charge in [0.25, 0.3) is 0 Å². The van der Waals surface area contributed by atoms with Crippen molar-refractivity contribution in [3.63, 3.8) is 0 Å². The van der Waals surface area contributed by atoms with Gasteiger partial charge in [0.15, 0.2) is 0 Å². The van der Waals surface area contributed by atoms with Gasteiger partial charge in [-0.25, -0.2) is 9.59 Å². The first-order chi connectivity index (χ1) is 11.2. The molecule has 1 aliphatic rings. The number of hydrogen-bond donors (Lipinski definition) is 0. The van der Waals surface area contributed by atoms with Gasteiger partial charge in [-0.1, -0.05) is 60.7 Å². The lowest BCUT2D eigenvalue weighted by atomic mass is 9.93. The highest BCUT2D eigenvalue weighted by atomic mass is 16.6. The zero-order chi connectivity index (χ0) is 15.8. The highest BCUT2D eigenvalue weighted by Gasteiger charge is 2.27. The number of carbonyl (C=O) groups is 2. The summed E-state index contributed by atoms with van der Waals surface area (Å²) in [4.78, 5) is 23.8. The molecule has 110 valence electrons. The summed E-state index contributed by atoms with van der Waals surface area (Å²) < 4.78 is 4.78. The minimum absolute atomic E-state index is 0.437. The smallest absolute Gasteiger partial charge is 0.346 e. The molecule has 0 radical (unpaired) electrons. The maximum atomic E-state index is 11.9. The molecule has 0 spiro atoms. The van der Waals surface area contributed by atoms with Gasteiger partial charge in [-0.2, -0.15) is 0 Å². The molecule has 0 atom stereocenters. The van der Waals surface area contributed by atoms with E-state index in [2.05, 4.69) is 0 Å². The first-order valence-electron chi connectivity index (χ1n) is 7.29. The van der Waals surface area contributed by atoms with Crippen LogP contribution in [-0.2, 0) is 4.74 Å². The Balaban J connectivity index is 1.91. The fourth-order valence-corrected chi connectivity index (χ4v) is 2.86. The maximum Gasteiger partial charge on any atom is 0.346 e. The van der Waals surface area contributed by atoms with Crippen LogP contribution in [0.25, 0.3) is 22.9 Å². The molecule has 0 aliphatic carbocycles. The number of rotatable bonds is 2. The zero-order valence-corrected chi connectivity index (χ0v) is 12.2. The summed E-state index contributed by atoms with van der Waals surface area (Å²) in [5.74, 6) is -1.17. The number of cyclic esters (lactones) is 2. The fourth-order valence-electron chi connectivity index (χ4n) is 2.86. The van der Waals surface area contributed by atoms with Crippen molar-refractivity contribution in [3.05, 3.63) is 82.9 Å². The van der Waals surface area contributed by atoms with E-state index in [1.165, 1.54) is 0 Å². The van der Waals surface area contributed by atoms with E-state index in [0.29, 0.717) is 16.5 Å². The topological polar surface area (TPSA) is 43.4 Å². The SMILES string of the molecule is O=C1OC(=O)c2ccc(/C=C/c3ccccc3)c3cccc1c23. The second kappa shape index (κ2) is 5.21. The Morgan fingerprint density at radius 2 is 1.43 bits per heavy atom. The van der Waals surface area contributed by atoms with E-state index in [9.17, 15) is 9.59 Å². The molecule has 0 bridgehead atoms. The third-order valence-corrected chi connectivity index (χ3v) is 3.95. The molecule has 3 aromatic carbocycles. The van der Waals surface area contributed by atoms with E-state index >= 15 is 0 Å². The van der Waals surface area contributed by atoms with Gasteiger partial charge in [0.05, 0.1) is 11.1 Å². The van der Waals surface area contributed by atoms with Crippen molar-refractivity contribution < 1.29 is 14.3 Å². The monoisotopic (exact) mass is 300 g/mol. The highest BCUT2D eigenvalue weighted by Crippen LogP contribution is 2.31. The van der Waals surface area contributed by atoms with Crippen molar-refractivity contribution in [1.29, 1.82) is 0 Å². The summed E-state index contributed by atoms with van der Waals surface area (Å²) in [6.07, 6.45) is 4.00. The van der Waals surface area contributed by atoms with E-state index in [1.54, 1.807) is 18.2 Å². The Hall–Kier alpha value is -3.20. The van der Waals surface area contributed by atoms with E-state index < -0.39 is 11.9 Å². The molecular weight excluding hydrogens is 288 g/mol. The lowest BCUT2D eigenvalue weighted by Crippen LogP contribution is -2.19. The van der Waals surface area contributed by atoms with Crippen LogP contribution >= 0.6 is 0 Å². The van der Waals surface area contributed by atoms with Crippen molar-refractivity contribution in [1.82, 2.24) is 0 Å². The number of ether oxygens (including phenoxy) is 1. The summed E-state index contributed by atoms with van der Waals surface area (Å²) in [6, 6.07) is 19.0. The summed E-state index contributed by atoms with van der Waals surface area (Å²) in [7, 11) is 0. The lowest BCUT2D eigenvalue weighted by molar-refractivity contribution is 0.0391. The molecule has 0 saturated heterocycles. The first-order valence-corrected chi connectivity index (χ1v) is 7.29. The van der Waals surface area contributed by atoms with Gasteiger partial charge >= 0.3 is 11.9 Å². The molecule has 3 nitrogen and oxygen atoms in total. The fraction of sp³-hybridized carbons (Fsp3) is 0. The van der Waals surface area contributed by atoms with Crippen LogP contribution in [0.3, 0.4) is 0 Å². The maximum absolute atomic E-state index is 11.9. The van der Waals surface area contributed by atoms with Crippen LogP contribution in [-0.4, -0.2) is 11.9 Å². The van der Waals surface area contributed by atoms with E-state index in [0.717, 1.165) is 16.5 Å². The Labute approximate surface area is 132 Å². The van der Waals surface area contributed by atoms with Gasteiger partial charge in [0, 0.05) is 5.39 Å². The lowest BCUT2D eigenvalue weighted by Gasteiger charge is -2.16. The molecule has 1 aliphatic heterocycles. The van der Waals surface area contributed by atoms with Gasteiger partial charge < -0.3 is 4.74 Å². The second-order valence-electron chi connectivity index (χ2n) is 5.35. The van der Waals surface area contributed by atoms with Gasteiger partial charge in [0.2, 0.25) is 0 Å². The number of benzene rings is 3. The van der Waals surface area contributed by atoms with E-state index in [-0.39, 0.29) is 0 Å². The van der Waals surface area contributed by atoms with Gasteiger partial charge in [0.1, 0.15) is 0 Å². The summed E-state index contributed by atoms with van der Waals surface area (Å²) in [6.45, 7) is 0. The minimum atomic E-state index is -0.586. The van der Waals surface area contributed by atoms with Gasteiger partial charge in [-0.15, -0.1) is 0 Å². The van der Waals surface area contributed by atoms with Crippen LogP contribution in [0.15, 0.2) is 60.7 Å². The number of carbonyl (C=O) groups excluding carboxylic acids is 2. The van der Waals surface area contributed by atoms with Gasteiger partial charge in [-0.3, -0.25) is 0 Å². The standard InChI is InChI=1S/C20H12O3/c21-19-16-8-4-7-15-14(10-9-13-5-2-1-3-6-13)11-12-17(18(15)16)20(22)23-19/h1-12H/b10-9+. The third kappa shape index (κ3) is 2.23. The van der Waals surface area contributed by atoms with Crippen LogP contribution in [0.2, 0.25) is 0 Å². The minimum Gasteiger partial charge on any atom is -0.386 e. The second-order valence-corrected chi connectivity index (χ2v) is 5.35. The predicted octanol–water partition coefficient (Wildman–Crippen LogP) is 4.32. The Bertz CT molecular complexity index is 949. The van der Waals surface area contributed by atoms with Gasteiger partial charge in [-0.05, 0) is 28.6 Å². The largest absolute Gasteiger partial charge is 0.386 e. The quantitative estimate of drug-likeness (QED) is 0.402. The van der Waals surface area contributed by atoms with Crippen LogP contribution in [0.4, 0.5) is 0 Å². The predicted molar refractivity (Wildman–Crippen MR) is 89.1 cm³/mol. The highest BCUT2D eigenvalue weighted by molar-refractivity contribution is 6.21. The summed E-state index contributed by atoms with van der Waals surface area (Å²) in [5.41, 5.74) is 2.92. The molecule has 1 heterocycles. The summed E-state index contributed by atoms with van der Waals surface area (Å²) in [5, 5.41) is 1.54. The van der Waals surface area contributed by atoms with Crippen molar-refractivity contribution in [2.45, 2.75) is 0 Å².